The van der Waals surface area contributed by atoms with Gasteiger partial charge in [-0.1, -0.05) is 12.1 Å². The lowest BCUT2D eigenvalue weighted by molar-refractivity contribution is -0.120. The molecule has 0 aliphatic heterocycles. The normalized spacial score (nSPS) is 11.3. The lowest BCUT2D eigenvalue weighted by atomic mass is 10.1. The monoisotopic (exact) mass is 274 g/mol. The Bertz CT molecular complexity index is 685. The van der Waals surface area contributed by atoms with Crippen molar-refractivity contribution in [2.45, 2.75) is 26.3 Å². The molecule has 2 rings (SSSR count). The molecule has 6 heteroatoms. The molecule has 0 bridgehead atoms. The summed E-state index contributed by atoms with van der Waals surface area (Å²) in [6.07, 6.45) is 0. The van der Waals surface area contributed by atoms with Crippen LogP contribution in [0.2, 0.25) is 0 Å². The molecule has 0 aliphatic rings. The third-order valence-corrected chi connectivity index (χ3v) is 2.54. The van der Waals surface area contributed by atoms with E-state index in [0.29, 0.717) is 10.9 Å². The number of nitrogens with one attached hydrogen (secondary N) is 3. The second kappa shape index (κ2) is 5.32. The molecule has 1 aromatic heterocycles. The highest BCUT2D eigenvalue weighted by Crippen LogP contribution is 2.07. The van der Waals surface area contributed by atoms with Crippen molar-refractivity contribution in [2.24, 2.45) is 0 Å². The molecule has 0 spiro atoms. The maximum Gasteiger partial charge on any atom is 0.260 e. The second-order valence-electron chi connectivity index (χ2n) is 5.58. The fourth-order valence-electron chi connectivity index (χ4n) is 1.80. The largest absolute Gasteiger partial charge is 0.350 e. The molecular weight excluding hydrogens is 256 g/mol. The standard InChI is InChI=1S/C14H18N4O2/c1-14(2,3)18-11(19)8-15-13-16-10-7-5-4-6-9(10)12(20)17-13/h4-7H,8H2,1-3H3,(H,18,19)(H2,15,16,17,20). The van der Waals surface area contributed by atoms with Crippen LogP contribution in [-0.4, -0.2) is 28.0 Å². The van der Waals surface area contributed by atoms with Crippen LogP contribution in [0.15, 0.2) is 29.1 Å². The third-order valence-electron chi connectivity index (χ3n) is 2.54. The Hall–Kier alpha value is -2.37. The average Bonchev–Trinajstić information content (AvgIpc) is 2.34. The first-order chi connectivity index (χ1) is 9.35. The van der Waals surface area contributed by atoms with Gasteiger partial charge in [-0.2, -0.15) is 0 Å². The Balaban J connectivity index is 2.11. The van der Waals surface area contributed by atoms with E-state index in [1.807, 2.05) is 26.8 Å². The van der Waals surface area contributed by atoms with Gasteiger partial charge < -0.3 is 10.6 Å². The van der Waals surface area contributed by atoms with Gasteiger partial charge in [0.2, 0.25) is 11.9 Å². The summed E-state index contributed by atoms with van der Waals surface area (Å²) in [5.41, 5.74) is 0.0764. The molecule has 0 aliphatic carbocycles. The maximum absolute atomic E-state index is 11.8. The third kappa shape index (κ3) is 3.57. The van der Waals surface area contributed by atoms with Crippen molar-refractivity contribution >= 4 is 22.8 Å². The molecule has 6 nitrogen and oxygen atoms in total. The lowest BCUT2D eigenvalue weighted by Gasteiger charge is -2.20. The number of carbonyl (C=O) groups is 1. The Morgan fingerprint density at radius 3 is 2.70 bits per heavy atom. The summed E-state index contributed by atoms with van der Waals surface area (Å²) in [5.74, 6) is 0.131. The van der Waals surface area contributed by atoms with E-state index >= 15 is 0 Å². The van der Waals surface area contributed by atoms with Crippen LogP contribution < -0.4 is 16.2 Å². The van der Waals surface area contributed by atoms with Crippen molar-refractivity contribution in [1.29, 1.82) is 0 Å². The van der Waals surface area contributed by atoms with Gasteiger partial charge >= 0.3 is 0 Å². The number of nitrogens with zero attached hydrogens (tertiary/aromatic N) is 1. The first kappa shape index (κ1) is 14.0. The van der Waals surface area contributed by atoms with Crippen LogP contribution in [0.3, 0.4) is 0 Å². The molecule has 0 atom stereocenters. The highest BCUT2D eigenvalue weighted by molar-refractivity contribution is 5.82. The van der Waals surface area contributed by atoms with Crippen molar-refractivity contribution < 1.29 is 4.79 Å². The van der Waals surface area contributed by atoms with Gasteiger partial charge in [-0.15, -0.1) is 0 Å². The Morgan fingerprint density at radius 1 is 1.30 bits per heavy atom. The molecule has 20 heavy (non-hydrogen) atoms. The highest BCUT2D eigenvalue weighted by Gasteiger charge is 2.13. The first-order valence-corrected chi connectivity index (χ1v) is 6.39. The minimum atomic E-state index is -0.289. The molecule has 106 valence electrons. The molecule has 0 fully saturated rings. The van der Waals surface area contributed by atoms with E-state index in [1.54, 1.807) is 18.2 Å². The van der Waals surface area contributed by atoms with Gasteiger partial charge in [-0.3, -0.25) is 14.6 Å². The van der Waals surface area contributed by atoms with E-state index in [2.05, 4.69) is 20.6 Å². The number of amides is 1. The van der Waals surface area contributed by atoms with Crippen molar-refractivity contribution in [2.75, 3.05) is 11.9 Å². The van der Waals surface area contributed by atoms with Crippen LogP contribution in [0.5, 0.6) is 0 Å². The van der Waals surface area contributed by atoms with Gasteiger partial charge in [0.15, 0.2) is 0 Å². The molecule has 3 N–H and O–H groups in total. The predicted molar refractivity (Wildman–Crippen MR) is 78.7 cm³/mol. The minimum absolute atomic E-state index is 0.0541. The van der Waals surface area contributed by atoms with Crippen LogP contribution in [-0.2, 0) is 4.79 Å². The van der Waals surface area contributed by atoms with Gasteiger partial charge in [0.1, 0.15) is 0 Å². The summed E-state index contributed by atoms with van der Waals surface area (Å²) < 4.78 is 0. The molecule has 0 unspecified atom stereocenters. The summed E-state index contributed by atoms with van der Waals surface area (Å²) in [7, 11) is 0. The number of carbonyl (C=O) groups excluding carboxylic acids is 1. The van der Waals surface area contributed by atoms with Crippen molar-refractivity contribution in [3.05, 3.63) is 34.6 Å². The number of benzene rings is 1. The second-order valence-corrected chi connectivity index (χ2v) is 5.58. The summed E-state index contributed by atoms with van der Waals surface area (Å²) in [6, 6.07) is 7.05. The molecule has 1 aromatic carbocycles. The fraction of sp³-hybridized carbons (Fsp3) is 0.357. The van der Waals surface area contributed by atoms with Crippen LogP contribution >= 0.6 is 0 Å². The first-order valence-electron chi connectivity index (χ1n) is 6.39. The van der Waals surface area contributed by atoms with E-state index in [-0.39, 0.29) is 29.5 Å². The molecular formula is C14H18N4O2. The van der Waals surface area contributed by atoms with Crippen molar-refractivity contribution in [3.63, 3.8) is 0 Å². The van der Waals surface area contributed by atoms with E-state index in [4.69, 9.17) is 0 Å². The topological polar surface area (TPSA) is 86.9 Å². The minimum Gasteiger partial charge on any atom is -0.350 e. The molecule has 0 radical (unpaired) electrons. The van der Waals surface area contributed by atoms with Gasteiger partial charge in [-0.05, 0) is 32.9 Å². The van der Waals surface area contributed by atoms with E-state index in [9.17, 15) is 9.59 Å². The quantitative estimate of drug-likeness (QED) is 0.786. The highest BCUT2D eigenvalue weighted by atomic mass is 16.2. The summed E-state index contributed by atoms with van der Waals surface area (Å²) >= 11 is 0. The number of para-hydroxylation sites is 1. The van der Waals surface area contributed by atoms with Gasteiger partial charge in [0.05, 0.1) is 17.4 Å². The fourth-order valence-corrected chi connectivity index (χ4v) is 1.80. The molecule has 1 amide bonds. The van der Waals surface area contributed by atoms with E-state index < -0.39 is 0 Å². The maximum atomic E-state index is 11.8. The number of aromatic amines is 1. The van der Waals surface area contributed by atoms with E-state index in [1.165, 1.54) is 0 Å². The number of rotatable bonds is 3. The number of fused-ring (bicyclic) bond motifs is 1. The van der Waals surface area contributed by atoms with Gasteiger partial charge in [0, 0.05) is 5.54 Å². The van der Waals surface area contributed by atoms with Crippen molar-refractivity contribution in [1.82, 2.24) is 15.3 Å². The van der Waals surface area contributed by atoms with Gasteiger partial charge in [-0.25, -0.2) is 4.98 Å². The summed E-state index contributed by atoms with van der Waals surface area (Å²) in [6.45, 7) is 5.77. The van der Waals surface area contributed by atoms with Crippen LogP contribution in [0, 0.1) is 0 Å². The molecule has 2 aromatic rings. The lowest BCUT2D eigenvalue weighted by Crippen LogP contribution is -2.43. The number of anilines is 1. The Labute approximate surface area is 116 Å². The smallest absolute Gasteiger partial charge is 0.260 e. The summed E-state index contributed by atoms with van der Waals surface area (Å²) in [5, 5.41) is 6.17. The number of hydrogen-bond donors (Lipinski definition) is 3. The predicted octanol–water partition coefficient (Wildman–Crippen LogP) is 1.25. The SMILES string of the molecule is CC(C)(C)NC(=O)CNc1nc2ccccc2c(=O)[nH]1. The van der Waals surface area contributed by atoms with Crippen LogP contribution in [0.4, 0.5) is 5.95 Å². The van der Waals surface area contributed by atoms with Crippen LogP contribution in [0.25, 0.3) is 10.9 Å². The molecule has 0 saturated heterocycles. The van der Waals surface area contributed by atoms with Gasteiger partial charge in [0.25, 0.3) is 5.56 Å². The van der Waals surface area contributed by atoms with Crippen molar-refractivity contribution in [3.8, 4) is 0 Å². The molecule has 1 heterocycles. The molecule has 0 saturated carbocycles. The summed E-state index contributed by atoms with van der Waals surface area (Å²) in [4.78, 5) is 30.4. The number of H-pyrrole nitrogens is 1. The zero-order valence-electron chi connectivity index (χ0n) is 11.8. The Morgan fingerprint density at radius 2 is 2.00 bits per heavy atom. The number of hydrogen-bond acceptors (Lipinski definition) is 4. The van der Waals surface area contributed by atoms with E-state index in [0.717, 1.165) is 0 Å². The van der Waals surface area contributed by atoms with Crippen LogP contribution in [0.1, 0.15) is 20.8 Å². The zero-order chi connectivity index (χ0) is 14.8. The zero-order valence-corrected chi connectivity index (χ0v) is 11.8. The average molecular weight is 274 g/mol. The number of aromatic nitrogens is 2. The Kier molecular flexibility index (Phi) is 3.74.